The van der Waals surface area contributed by atoms with Crippen molar-refractivity contribution in [3.05, 3.63) is 98.8 Å². The van der Waals surface area contributed by atoms with E-state index in [1.54, 1.807) is 0 Å². The van der Waals surface area contributed by atoms with Gasteiger partial charge in [0.05, 0.1) is 16.5 Å². The third kappa shape index (κ3) is 4.59. The molecular weight excluding hydrogens is 533 g/mol. The Kier molecular flexibility index (Phi) is 7.16. The first-order valence-electron chi connectivity index (χ1n) is 13.5. The fraction of sp³-hybridized carbons (Fsp3) is 0.300. The van der Waals surface area contributed by atoms with Crippen LogP contribution in [0, 0.1) is 5.82 Å². The van der Waals surface area contributed by atoms with Crippen molar-refractivity contribution in [2.24, 2.45) is 0 Å². The average Bonchev–Trinajstić information content (AvgIpc) is 3.30. The first-order valence-corrected chi connectivity index (χ1v) is 13.8. The standard InChI is InChI=1S/C30H29ClFN5O3/c1-2-25(34-30(39)40-17-22-20-9-5-3-7-18(20)19-8-4-6-10-21(19)22)28-35-27-24(32)12-11-23(31)26(27)29(38)37(28)36-15-13-33-14-16-36/h3-12,22,25,33H,2,13-17H2,1H3,(H,34,39)/t25-/m0/s1. The van der Waals surface area contributed by atoms with E-state index in [0.29, 0.717) is 32.6 Å². The van der Waals surface area contributed by atoms with Crippen molar-refractivity contribution >= 4 is 28.6 Å². The molecule has 4 aromatic rings. The zero-order valence-corrected chi connectivity index (χ0v) is 22.7. The van der Waals surface area contributed by atoms with Gasteiger partial charge in [0.15, 0.2) is 5.82 Å². The summed E-state index contributed by atoms with van der Waals surface area (Å²) in [6.45, 7) is 4.41. The molecule has 0 unspecified atom stereocenters. The summed E-state index contributed by atoms with van der Waals surface area (Å²) < 4.78 is 22.1. The Hall–Kier alpha value is -3.95. The number of carbonyl (C=O) groups is 1. The minimum Gasteiger partial charge on any atom is -0.449 e. The number of nitrogens with one attached hydrogen (secondary N) is 2. The van der Waals surface area contributed by atoms with Crippen LogP contribution in [0.2, 0.25) is 5.02 Å². The molecule has 3 aromatic carbocycles. The van der Waals surface area contributed by atoms with Gasteiger partial charge in [0.1, 0.15) is 17.9 Å². The molecule has 2 aliphatic rings. The minimum absolute atomic E-state index is 0.0138. The molecular formula is C30H29ClFN5O3. The number of halogens is 2. The molecule has 1 atom stereocenters. The van der Waals surface area contributed by atoms with Crippen molar-refractivity contribution in [3.8, 4) is 11.1 Å². The molecule has 206 valence electrons. The van der Waals surface area contributed by atoms with Crippen LogP contribution in [0.1, 0.15) is 42.3 Å². The quantitative estimate of drug-likeness (QED) is 0.354. The number of hydrogen-bond acceptors (Lipinski definition) is 6. The van der Waals surface area contributed by atoms with Gasteiger partial charge in [-0.05, 0) is 40.8 Å². The van der Waals surface area contributed by atoms with Crippen LogP contribution in [0.4, 0.5) is 9.18 Å². The zero-order chi connectivity index (χ0) is 27.8. The molecule has 2 N–H and O–H groups in total. The van der Waals surface area contributed by atoms with E-state index in [4.69, 9.17) is 16.3 Å². The summed E-state index contributed by atoms with van der Waals surface area (Å²) >= 11 is 6.33. The molecule has 10 heteroatoms. The zero-order valence-electron chi connectivity index (χ0n) is 22.0. The number of hydrogen-bond donors (Lipinski definition) is 2. The number of ether oxygens (including phenoxy) is 1. The molecule has 1 fully saturated rings. The number of rotatable bonds is 6. The van der Waals surface area contributed by atoms with Crippen LogP contribution >= 0.6 is 11.6 Å². The SMILES string of the molecule is CC[C@H](NC(=O)OCC1c2ccccc2-c2ccccc21)c1nc2c(F)ccc(Cl)c2c(=O)n1N1CCNCC1. The molecule has 0 radical (unpaired) electrons. The van der Waals surface area contributed by atoms with Crippen LogP contribution in [0.25, 0.3) is 22.0 Å². The van der Waals surface area contributed by atoms with E-state index in [2.05, 4.69) is 39.9 Å². The smallest absolute Gasteiger partial charge is 0.407 e. The molecule has 1 saturated heterocycles. The summed E-state index contributed by atoms with van der Waals surface area (Å²) in [6.07, 6.45) is -0.238. The maximum Gasteiger partial charge on any atom is 0.407 e. The van der Waals surface area contributed by atoms with Gasteiger partial charge in [0.25, 0.3) is 5.56 Å². The first-order chi connectivity index (χ1) is 19.5. The fourth-order valence-corrected chi connectivity index (χ4v) is 5.94. The number of amides is 1. The van der Waals surface area contributed by atoms with Crippen LogP contribution in [0.3, 0.4) is 0 Å². The number of aromatic nitrogens is 2. The second-order valence-electron chi connectivity index (χ2n) is 9.97. The highest BCUT2D eigenvalue weighted by Gasteiger charge is 2.30. The monoisotopic (exact) mass is 561 g/mol. The van der Waals surface area contributed by atoms with Crippen LogP contribution < -0.4 is 21.2 Å². The normalized spacial score (nSPS) is 15.5. The molecule has 0 spiro atoms. The lowest BCUT2D eigenvalue weighted by atomic mass is 9.98. The molecule has 40 heavy (non-hydrogen) atoms. The van der Waals surface area contributed by atoms with Gasteiger partial charge in [0, 0.05) is 32.1 Å². The van der Waals surface area contributed by atoms with Gasteiger partial charge in [0.2, 0.25) is 0 Å². The lowest BCUT2D eigenvalue weighted by molar-refractivity contribution is 0.138. The summed E-state index contributed by atoms with van der Waals surface area (Å²) in [6, 6.07) is 18.1. The highest BCUT2D eigenvalue weighted by atomic mass is 35.5. The Morgan fingerprint density at radius 2 is 1.75 bits per heavy atom. The number of carbonyl (C=O) groups excluding carboxylic acids is 1. The van der Waals surface area contributed by atoms with E-state index >= 15 is 0 Å². The van der Waals surface area contributed by atoms with Crippen molar-refractivity contribution in [2.75, 3.05) is 37.8 Å². The number of benzene rings is 3. The third-order valence-electron chi connectivity index (χ3n) is 7.66. The van der Waals surface area contributed by atoms with Crippen molar-refractivity contribution in [1.82, 2.24) is 20.3 Å². The third-order valence-corrected chi connectivity index (χ3v) is 7.97. The predicted octanol–water partition coefficient (Wildman–Crippen LogP) is 4.72. The van der Waals surface area contributed by atoms with Gasteiger partial charge < -0.3 is 20.4 Å². The fourth-order valence-electron chi connectivity index (χ4n) is 5.71. The van der Waals surface area contributed by atoms with Gasteiger partial charge in [-0.3, -0.25) is 4.79 Å². The van der Waals surface area contributed by atoms with Crippen molar-refractivity contribution in [1.29, 1.82) is 0 Å². The molecule has 0 saturated carbocycles. The van der Waals surface area contributed by atoms with E-state index in [1.807, 2.05) is 36.2 Å². The van der Waals surface area contributed by atoms with E-state index in [0.717, 1.165) is 22.3 Å². The Morgan fingerprint density at radius 1 is 1.10 bits per heavy atom. The maximum absolute atomic E-state index is 14.9. The molecule has 1 aliphatic carbocycles. The maximum atomic E-state index is 14.9. The minimum atomic E-state index is -0.707. The molecule has 1 amide bonds. The number of alkyl carbamates (subject to hydrolysis) is 1. The summed E-state index contributed by atoms with van der Waals surface area (Å²) in [4.78, 5) is 31.4. The molecule has 0 bridgehead atoms. The van der Waals surface area contributed by atoms with Crippen molar-refractivity contribution in [2.45, 2.75) is 25.3 Å². The van der Waals surface area contributed by atoms with Crippen molar-refractivity contribution in [3.63, 3.8) is 0 Å². The highest BCUT2D eigenvalue weighted by molar-refractivity contribution is 6.35. The molecule has 6 rings (SSSR count). The first kappa shape index (κ1) is 26.3. The van der Waals surface area contributed by atoms with E-state index in [9.17, 15) is 14.0 Å². The summed E-state index contributed by atoms with van der Waals surface area (Å²) in [7, 11) is 0. The van der Waals surface area contributed by atoms with Gasteiger partial charge in [-0.25, -0.2) is 18.8 Å². The lowest BCUT2D eigenvalue weighted by Crippen LogP contribution is -2.54. The van der Waals surface area contributed by atoms with Crippen LogP contribution in [0.15, 0.2) is 65.5 Å². The Morgan fingerprint density at radius 3 is 2.40 bits per heavy atom. The second kappa shape index (κ2) is 10.9. The molecule has 2 heterocycles. The number of piperazine rings is 1. The Balaban J connectivity index is 1.30. The van der Waals surface area contributed by atoms with E-state index in [-0.39, 0.29) is 34.3 Å². The van der Waals surface area contributed by atoms with Crippen LogP contribution in [-0.4, -0.2) is 48.5 Å². The number of fused-ring (bicyclic) bond motifs is 4. The van der Waals surface area contributed by atoms with E-state index in [1.165, 1.54) is 16.8 Å². The Bertz CT molecular complexity index is 1610. The topological polar surface area (TPSA) is 88.5 Å². The predicted molar refractivity (Wildman–Crippen MR) is 153 cm³/mol. The van der Waals surface area contributed by atoms with Crippen LogP contribution in [0.5, 0.6) is 0 Å². The van der Waals surface area contributed by atoms with Crippen molar-refractivity contribution < 1.29 is 13.9 Å². The largest absolute Gasteiger partial charge is 0.449 e. The lowest BCUT2D eigenvalue weighted by Gasteiger charge is -2.34. The summed E-state index contributed by atoms with van der Waals surface area (Å²) in [5, 5.41) is 8.13. The Labute approximate surface area is 235 Å². The van der Waals surface area contributed by atoms with Gasteiger partial charge in [-0.2, -0.15) is 0 Å². The van der Waals surface area contributed by atoms with Crippen LogP contribution in [-0.2, 0) is 4.74 Å². The highest BCUT2D eigenvalue weighted by Crippen LogP contribution is 2.44. The van der Waals surface area contributed by atoms with Gasteiger partial charge in [-0.15, -0.1) is 0 Å². The van der Waals surface area contributed by atoms with Gasteiger partial charge >= 0.3 is 6.09 Å². The molecule has 1 aromatic heterocycles. The summed E-state index contributed by atoms with van der Waals surface area (Å²) in [5.41, 5.74) is 3.91. The van der Waals surface area contributed by atoms with Gasteiger partial charge in [-0.1, -0.05) is 67.1 Å². The second-order valence-corrected chi connectivity index (χ2v) is 10.4. The average molecular weight is 562 g/mol. The van der Waals surface area contributed by atoms with E-state index < -0.39 is 23.5 Å². The summed E-state index contributed by atoms with van der Waals surface area (Å²) in [5.74, 6) is -0.509. The number of nitrogens with zero attached hydrogens (tertiary/aromatic N) is 3. The molecule has 1 aliphatic heterocycles. The molecule has 8 nitrogen and oxygen atoms in total.